The van der Waals surface area contributed by atoms with Crippen molar-refractivity contribution in [3.8, 4) is 11.5 Å². The van der Waals surface area contributed by atoms with Gasteiger partial charge in [0.05, 0.1) is 6.20 Å². The minimum Gasteiger partial charge on any atom is -0.336 e. The molecule has 0 aliphatic rings. The highest BCUT2D eigenvalue weighted by Gasteiger charge is 2.07. The van der Waals surface area contributed by atoms with E-state index in [9.17, 15) is 0 Å². The van der Waals surface area contributed by atoms with Crippen molar-refractivity contribution in [2.45, 2.75) is 26.6 Å². The van der Waals surface area contributed by atoms with Crippen LogP contribution in [0.2, 0.25) is 19.6 Å². The Morgan fingerprint density at radius 3 is 2.50 bits per heavy atom. The van der Waals surface area contributed by atoms with Crippen molar-refractivity contribution < 1.29 is 0 Å². The van der Waals surface area contributed by atoms with E-state index in [2.05, 4.69) is 41.1 Å². The molecule has 0 aliphatic carbocycles. The maximum atomic E-state index is 4.07. The topological polar surface area (TPSA) is 28.7 Å². The molecule has 0 saturated heterocycles. The third-order valence-electron chi connectivity index (χ3n) is 1.28. The largest absolute Gasteiger partial charge is 0.336 e. The Labute approximate surface area is 74.4 Å². The summed E-state index contributed by atoms with van der Waals surface area (Å²) >= 11 is 0. The Morgan fingerprint density at radius 2 is 2.08 bits per heavy atom. The summed E-state index contributed by atoms with van der Waals surface area (Å²) in [5.41, 5.74) is 4.19. The van der Waals surface area contributed by atoms with Gasteiger partial charge >= 0.3 is 0 Å². The predicted octanol–water partition coefficient (Wildman–Crippen LogP) is 1.95. The summed E-state index contributed by atoms with van der Waals surface area (Å²) < 4.78 is 0. The standard InChI is InChI=1S/C9H14N2Si/c1-8-10-7-9(11-8)5-6-12(2,3)4/h7H,1-4H3,(H,10,11). The molecular weight excluding hydrogens is 164 g/mol. The molecular formula is C9H14N2Si. The van der Waals surface area contributed by atoms with E-state index in [4.69, 9.17) is 0 Å². The first-order valence-corrected chi connectivity index (χ1v) is 7.52. The molecule has 1 heterocycles. The molecule has 0 aliphatic heterocycles. The van der Waals surface area contributed by atoms with Gasteiger partial charge in [-0.1, -0.05) is 25.6 Å². The minimum absolute atomic E-state index is 0.926. The monoisotopic (exact) mass is 178 g/mol. The number of aromatic nitrogens is 2. The van der Waals surface area contributed by atoms with Crippen molar-refractivity contribution in [3.63, 3.8) is 0 Å². The van der Waals surface area contributed by atoms with Crippen LogP contribution in [-0.2, 0) is 0 Å². The van der Waals surface area contributed by atoms with E-state index in [1.807, 2.05) is 6.92 Å². The first kappa shape index (κ1) is 9.08. The zero-order chi connectivity index (χ0) is 9.19. The van der Waals surface area contributed by atoms with Gasteiger partial charge in [0.1, 0.15) is 19.6 Å². The molecule has 0 aromatic carbocycles. The lowest BCUT2D eigenvalue weighted by Crippen LogP contribution is -2.16. The smallest absolute Gasteiger partial charge is 0.129 e. The van der Waals surface area contributed by atoms with E-state index in [0.29, 0.717) is 0 Å². The average Bonchev–Trinajstić information content (AvgIpc) is 2.30. The quantitative estimate of drug-likeness (QED) is 0.477. The Bertz CT molecular complexity index is 322. The second kappa shape index (κ2) is 3.16. The molecule has 2 nitrogen and oxygen atoms in total. The summed E-state index contributed by atoms with van der Waals surface area (Å²) in [6, 6.07) is 0. The normalized spacial score (nSPS) is 10.7. The van der Waals surface area contributed by atoms with E-state index in [1.54, 1.807) is 6.20 Å². The SMILES string of the molecule is Cc1ncc(C#C[Si](C)(C)C)[nH]1. The highest BCUT2D eigenvalue weighted by Crippen LogP contribution is 1.98. The lowest BCUT2D eigenvalue weighted by Gasteiger charge is -2.02. The molecule has 0 unspecified atom stereocenters. The number of hydrogen-bond donors (Lipinski definition) is 1. The molecule has 1 N–H and O–H groups in total. The fourth-order valence-electron chi connectivity index (χ4n) is 0.739. The van der Waals surface area contributed by atoms with E-state index >= 15 is 0 Å². The van der Waals surface area contributed by atoms with Crippen molar-refractivity contribution in [1.29, 1.82) is 0 Å². The van der Waals surface area contributed by atoms with Gasteiger partial charge in [0.2, 0.25) is 0 Å². The Morgan fingerprint density at radius 1 is 1.42 bits per heavy atom. The van der Waals surface area contributed by atoms with Crippen LogP contribution in [-0.4, -0.2) is 18.0 Å². The number of nitrogens with one attached hydrogen (secondary N) is 1. The average molecular weight is 178 g/mol. The fourth-order valence-corrected chi connectivity index (χ4v) is 1.25. The molecule has 0 bridgehead atoms. The number of imidazole rings is 1. The zero-order valence-electron chi connectivity index (χ0n) is 8.02. The summed E-state index contributed by atoms with van der Waals surface area (Å²) in [4.78, 5) is 7.16. The summed E-state index contributed by atoms with van der Waals surface area (Å²) in [6.07, 6.45) is 1.78. The molecule has 3 heteroatoms. The first-order chi connectivity index (χ1) is 5.47. The van der Waals surface area contributed by atoms with Crippen LogP contribution < -0.4 is 0 Å². The van der Waals surface area contributed by atoms with Crippen LogP contribution in [0.25, 0.3) is 0 Å². The Kier molecular flexibility index (Phi) is 2.39. The van der Waals surface area contributed by atoms with Crippen molar-refractivity contribution in [3.05, 3.63) is 17.7 Å². The van der Waals surface area contributed by atoms with Crippen LogP contribution in [0, 0.1) is 18.4 Å². The molecule has 1 rings (SSSR count). The highest BCUT2D eigenvalue weighted by molar-refractivity contribution is 6.83. The van der Waals surface area contributed by atoms with Gasteiger partial charge in [-0.2, -0.15) is 0 Å². The number of H-pyrrole nitrogens is 1. The lowest BCUT2D eigenvalue weighted by atomic mass is 10.5. The van der Waals surface area contributed by atoms with Crippen molar-refractivity contribution in [2.75, 3.05) is 0 Å². The van der Waals surface area contributed by atoms with E-state index < -0.39 is 8.07 Å². The summed E-state index contributed by atoms with van der Waals surface area (Å²) in [6.45, 7) is 8.61. The van der Waals surface area contributed by atoms with Gasteiger partial charge in [0, 0.05) is 0 Å². The molecule has 1 aromatic heterocycles. The van der Waals surface area contributed by atoms with Gasteiger partial charge in [0.25, 0.3) is 0 Å². The van der Waals surface area contributed by atoms with Crippen LogP contribution in [0.4, 0.5) is 0 Å². The summed E-state index contributed by atoms with van der Waals surface area (Å²) in [5.74, 6) is 4.02. The van der Waals surface area contributed by atoms with Crippen molar-refractivity contribution in [2.24, 2.45) is 0 Å². The van der Waals surface area contributed by atoms with Crippen LogP contribution in [0.3, 0.4) is 0 Å². The van der Waals surface area contributed by atoms with E-state index in [0.717, 1.165) is 11.5 Å². The lowest BCUT2D eigenvalue weighted by molar-refractivity contribution is 1.14. The van der Waals surface area contributed by atoms with Crippen molar-refractivity contribution >= 4 is 8.07 Å². The number of aryl methyl sites for hydroxylation is 1. The highest BCUT2D eigenvalue weighted by atomic mass is 28.3. The molecule has 1 aromatic rings. The third-order valence-corrected chi connectivity index (χ3v) is 2.15. The maximum absolute atomic E-state index is 4.07. The van der Waals surface area contributed by atoms with Crippen LogP contribution in [0.5, 0.6) is 0 Å². The van der Waals surface area contributed by atoms with Crippen LogP contribution >= 0.6 is 0 Å². The number of nitrogens with zero attached hydrogens (tertiary/aromatic N) is 1. The number of hydrogen-bond acceptors (Lipinski definition) is 1. The molecule has 12 heavy (non-hydrogen) atoms. The summed E-state index contributed by atoms with van der Waals surface area (Å²) in [7, 11) is -1.24. The van der Waals surface area contributed by atoms with Crippen molar-refractivity contribution in [1.82, 2.24) is 9.97 Å². The number of rotatable bonds is 0. The summed E-state index contributed by atoms with van der Waals surface area (Å²) in [5, 5.41) is 0. The first-order valence-electron chi connectivity index (χ1n) is 4.02. The van der Waals surface area contributed by atoms with Crippen LogP contribution in [0.15, 0.2) is 6.20 Å². The van der Waals surface area contributed by atoms with Gasteiger partial charge in [-0.05, 0) is 6.92 Å². The second-order valence-corrected chi connectivity index (χ2v) is 8.63. The van der Waals surface area contributed by atoms with Gasteiger partial charge in [0.15, 0.2) is 0 Å². The minimum atomic E-state index is -1.24. The number of aromatic amines is 1. The Hall–Kier alpha value is -1.01. The molecule has 0 fully saturated rings. The Balaban J connectivity index is 2.80. The van der Waals surface area contributed by atoms with Crippen LogP contribution in [0.1, 0.15) is 11.5 Å². The zero-order valence-corrected chi connectivity index (χ0v) is 9.02. The molecule has 0 saturated carbocycles. The van der Waals surface area contributed by atoms with Gasteiger partial charge < -0.3 is 4.98 Å². The second-order valence-electron chi connectivity index (χ2n) is 3.88. The van der Waals surface area contributed by atoms with Gasteiger partial charge in [-0.15, -0.1) is 5.54 Å². The molecule has 64 valence electrons. The molecule has 0 spiro atoms. The van der Waals surface area contributed by atoms with E-state index in [-0.39, 0.29) is 0 Å². The molecule has 0 amide bonds. The third kappa shape index (κ3) is 2.93. The van der Waals surface area contributed by atoms with E-state index in [1.165, 1.54) is 0 Å². The van der Waals surface area contributed by atoms with Gasteiger partial charge in [-0.25, -0.2) is 4.98 Å². The molecule has 0 radical (unpaired) electrons. The molecule has 0 atom stereocenters. The van der Waals surface area contributed by atoms with Gasteiger partial charge in [-0.3, -0.25) is 0 Å². The maximum Gasteiger partial charge on any atom is 0.129 e. The fraction of sp³-hybridized carbons (Fsp3) is 0.444. The predicted molar refractivity (Wildman–Crippen MR) is 53.5 cm³/mol.